The number of nitrogens with zero attached hydrogens (tertiary/aromatic N) is 1. The smallest absolute Gasteiger partial charge is 0.341 e. The van der Waals surface area contributed by atoms with Crippen molar-refractivity contribution in [2.24, 2.45) is 0 Å². The van der Waals surface area contributed by atoms with Gasteiger partial charge in [0.15, 0.2) is 0 Å². The maximum atomic E-state index is 12.9. The number of aryl methyl sites for hydroxylation is 2. The Balaban J connectivity index is 1.58. The second kappa shape index (κ2) is 9.88. The van der Waals surface area contributed by atoms with Gasteiger partial charge in [0.1, 0.15) is 28.2 Å². The van der Waals surface area contributed by atoms with Crippen LogP contribution in [0.3, 0.4) is 0 Å². The number of hydrogen-bond donors (Lipinski definition) is 1. The Morgan fingerprint density at radius 1 is 1.18 bits per heavy atom. The van der Waals surface area contributed by atoms with E-state index >= 15 is 0 Å². The van der Waals surface area contributed by atoms with Crippen molar-refractivity contribution in [2.75, 3.05) is 11.9 Å². The Morgan fingerprint density at radius 2 is 1.94 bits per heavy atom. The van der Waals surface area contributed by atoms with Gasteiger partial charge in [-0.3, -0.25) is 4.79 Å². The SMILES string of the molecule is CCOC(=O)c1c(NC(=O)C(C#N)=Cc2ccc(-c3ccc(C)cc3)o2)sc2c1CCCC2. The Hall–Kier alpha value is -3.63. The molecule has 2 heterocycles. The molecule has 2 aromatic heterocycles. The van der Waals surface area contributed by atoms with E-state index in [0.717, 1.165) is 47.3 Å². The minimum atomic E-state index is -0.588. The zero-order valence-electron chi connectivity index (χ0n) is 18.6. The lowest BCUT2D eigenvalue weighted by Gasteiger charge is -2.12. The number of hydrogen-bond acceptors (Lipinski definition) is 6. The number of esters is 1. The molecule has 33 heavy (non-hydrogen) atoms. The highest BCUT2D eigenvalue weighted by Crippen LogP contribution is 2.39. The molecule has 0 bridgehead atoms. The van der Waals surface area contributed by atoms with Gasteiger partial charge < -0.3 is 14.5 Å². The van der Waals surface area contributed by atoms with Gasteiger partial charge in [-0.1, -0.05) is 29.8 Å². The zero-order chi connectivity index (χ0) is 23.4. The highest BCUT2D eigenvalue weighted by molar-refractivity contribution is 7.17. The van der Waals surface area contributed by atoms with Crippen LogP contribution in [0, 0.1) is 18.3 Å². The van der Waals surface area contributed by atoms with Gasteiger partial charge in [-0.2, -0.15) is 5.26 Å². The topological polar surface area (TPSA) is 92.3 Å². The Bertz CT molecular complexity index is 1260. The molecule has 6 nitrogen and oxygen atoms in total. The van der Waals surface area contributed by atoms with Crippen LogP contribution < -0.4 is 5.32 Å². The first-order valence-electron chi connectivity index (χ1n) is 10.9. The first kappa shape index (κ1) is 22.6. The van der Waals surface area contributed by atoms with Crippen LogP contribution in [0.4, 0.5) is 5.00 Å². The van der Waals surface area contributed by atoms with Gasteiger partial charge in [-0.25, -0.2) is 4.79 Å². The van der Waals surface area contributed by atoms with E-state index in [1.54, 1.807) is 19.1 Å². The molecule has 1 N–H and O–H groups in total. The predicted molar refractivity (Wildman–Crippen MR) is 128 cm³/mol. The summed E-state index contributed by atoms with van der Waals surface area (Å²) in [6.45, 7) is 4.01. The fraction of sp³-hybridized carbons (Fsp3) is 0.269. The molecule has 0 unspecified atom stereocenters. The minimum absolute atomic E-state index is 0.110. The number of nitrogens with one attached hydrogen (secondary N) is 1. The summed E-state index contributed by atoms with van der Waals surface area (Å²) in [6.07, 6.45) is 5.11. The van der Waals surface area contributed by atoms with E-state index in [0.29, 0.717) is 22.1 Å². The third-order valence-corrected chi connectivity index (χ3v) is 6.70. The van der Waals surface area contributed by atoms with Crippen molar-refractivity contribution >= 4 is 34.3 Å². The number of carbonyl (C=O) groups is 2. The lowest BCUT2D eigenvalue weighted by molar-refractivity contribution is -0.112. The molecule has 1 aromatic carbocycles. The number of ether oxygens (including phenoxy) is 1. The minimum Gasteiger partial charge on any atom is -0.462 e. The van der Waals surface area contributed by atoms with Crippen molar-refractivity contribution in [1.82, 2.24) is 0 Å². The number of rotatable bonds is 6. The van der Waals surface area contributed by atoms with Crippen LogP contribution in [0.25, 0.3) is 17.4 Å². The average molecular weight is 461 g/mol. The molecular formula is C26H24N2O4S. The molecule has 0 atom stereocenters. The van der Waals surface area contributed by atoms with E-state index in [1.165, 1.54) is 17.4 Å². The molecule has 1 aliphatic carbocycles. The van der Waals surface area contributed by atoms with Crippen molar-refractivity contribution in [1.29, 1.82) is 5.26 Å². The fourth-order valence-corrected chi connectivity index (χ4v) is 5.11. The summed E-state index contributed by atoms with van der Waals surface area (Å²) in [4.78, 5) is 26.6. The summed E-state index contributed by atoms with van der Waals surface area (Å²) < 4.78 is 11.1. The predicted octanol–water partition coefficient (Wildman–Crippen LogP) is 5.92. The molecular weight excluding hydrogens is 436 g/mol. The van der Waals surface area contributed by atoms with Crippen molar-refractivity contribution in [3.63, 3.8) is 0 Å². The van der Waals surface area contributed by atoms with Crippen LogP contribution in [0.2, 0.25) is 0 Å². The number of furan rings is 1. The van der Waals surface area contributed by atoms with Crippen molar-refractivity contribution in [3.8, 4) is 17.4 Å². The summed E-state index contributed by atoms with van der Waals surface area (Å²) in [5.41, 5.74) is 3.32. The summed E-state index contributed by atoms with van der Waals surface area (Å²) in [7, 11) is 0. The second-order valence-corrected chi connectivity index (χ2v) is 8.93. The molecule has 0 saturated heterocycles. The normalized spacial score (nSPS) is 13.2. The van der Waals surface area contributed by atoms with Gasteiger partial charge in [0.2, 0.25) is 0 Å². The van der Waals surface area contributed by atoms with Crippen molar-refractivity contribution in [2.45, 2.75) is 39.5 Å². The van der Waals surface area contributed by atoms with Gasteiger partial charge in [0.05, 0.1) is 12.2 Å². The second-order valence-electron chi connectivity index (χ2n) is 7.83. The van der Waals surface area contributed by atoms with Crippen molar-refractivity contribution in [3.05, 3.63) is 69.3 Å². The molecule has 0 aliphatic heterocycles. The van der Waals surface area contributed by atoms with Crippen LogP contribution >= 0.6 is 11.3 Å². The molecule has 0 fully saturated rings. The first-order chi connectivity index (χ1) is 16.0. The standard InChI is InChI=1S/C26H24N2O4S/c1-3-31-26(30)23-20-6-4-5-7-22(20)33-25(23)28-24(29)18(15-27)14-19-12-13-21(32-19)17-10-8-16(2)9-11-17/h8-14H,3-7H2,1-2H3,(H,28,29). The molecule has 4 rings (SSSR count). The molecule has 0 spiro atoms. The quantitative estimate of drug-likeness (QED) is 0.280. The van der Waals surface area contributed by atoms with E-state index in [2.05, 4.69) is 5.32 Å². The van der Waals surface area contributed by atoms with Gasteiger partial charge in [-0.15, -0.1) is 11.3 Å². The number of carbonyl (C=O) groups excluding carboxylic acids is 2. The van der Waals surface area contributed by atoms with Crippen LogP contribution in [-0.4, -0.2) is 18.5 Å². The average Bonchev–Trinajstić information content (AvgIpc) is 3.42. The third-order valence-electron chi connectivity index (χ3n) is 5.49. The Kier molecular flexibility index (Phi) is 6.76. The van der Waals surface area contributed by atoms with Crippen LogP contribution in [0.1, 0.15) is 51.9 Å². The molecule has 0 saturated carbocycles. The highest BCUT2D eigenvalue weighted by Gasteiger charge is 2.27. The number of benzene rings is 1. The third kappa shape index (κ3) is 4.91. The summed E-state index contributed by atoms with van der Waals surface area (Å²) in [6, 6.07) is 13.3. The molecule has 7 heteroatoms. The van der Waals surface area contributed by atoms with E-state index < -0.39 is 11.9 Å². The van der Waals surface area contributed by atoms with Gasteiger partial charge in [0.25, 0.3) is 5.91 Å². The van der Waals surface area contributed by atoms with Crippen LogP contribution in [0.5, 0.6) is 0 Å². The van der Waals surface area contributed by atoms with E-state index in [9.17, 15) is 14.9 Å². The highest BCUT2D eigenvalue weighted by atomic mass is 32.1. The van der Waals surface area contributed by atoms with Crippen molar-refractivity contribution < 1.29 is 18.7 Å². The molecule has 1 amide bonds. The van der Waals surface area contributed by atoms with E-state index in [-0.39, 0.29) is 12.2 Å². The van der Waals surface area contributed by atoms with E-state index in [4.69, 9.17) is 9.15 Å². The largest absolute Gasteiger partial charge is 0.462 e. The Morgan fingerprint density at radius 3 is 2.67 bits per heavy atom. The number of thiophene rings is 1. The monoisotopic (exact) mass is 460 g/mol. The zero-order valence-corrected chi connectivity index (χ0v) is 19.4. The summed E-state index contributed by atoms with van der Waals surface area (Å²) in [5.74, 6) is 0.0150. The maximum absolute atomic E-state index is 12.9. The van der Waals surface area contributed by atoms with Crippen LogP contribution in [0.15, 0.2) is 46.4 Å². The van der Waals surface area contributed by atoms with Gasteiger partial charge in [-0.05, 0) is 57.2 Å². The number of nitriles is 1. The van der Waals surface area contributed by atoms with Gasteiger partial charge >= 0.3 is 5.97 Å². The summed E-state index contributed by atoms with van der Waals surface area (Å²) >= 11 is 1.39. The molecule has 3 aromatic rings. The first-order valence-corrected chi connectivity index (χ1v) is 11.7. The molecule has 168 valence electrons. The van der Waals surface area contributed by atoms with E-state index in [1.807, 2.05) is 37.3 Å². The molecule has 0 radical (unpaired) electrons. The Labute approximate surface area is 196 Å². The molecule has 1 aliphatic rings. The lowest BCUT2D eigenvalue weighted by atomic mass is 9.95. The summed E-state index contributed by atoms with van der Waals surface area (Å²) in [5, 5.41) is 12.8. The number of amides is 1. The number of fused-ring (bicyclic) bond motifs is 1. The maximum Gasteiger partial charge on any atom is 0.341 e. The lowest BCUT2D eigenvalue weighted by Crippen LogP contribution is -2.16. The van der Waals surface area contributed by atoms with Gasteiger partial charge in [0, 0.05) is 16.5 Å². The van der Waals surface area contributed by atoms with Crippen LogP contribution in [-0.2, 0) is 22.4 Å². The number of anilines is 1. The fourth-order valence-electron chi connectivity index (χ4n) is 3.84.